The lowest BCUT2D eigenvalue weighted by Crippen LogP contribution is -2.28. The summed E-state index contributed by atoms with van der Waals surface area (Å²) >= 11 is 0. The number of aryl methyl sites for hydroxylation is 1. The van der Waals surface area contributed by atoms with E-state index in [4.69, 9.17) is 55.8 Å². The number of nitrogens with zero attached hydrogens (tertiary/aromatic N) is 5. The topological polar surface area (TPSA) is 240 Å². The number of ether oxygens (including phenoxy) is 6. The van der Waals surface area contributed by atoms with Gasteiger partial charge in [0.05, 0.1) is 78.1 Å². The van der Waals surface area contributed by atoms with Gasteiger partial charge in [0.1, 0.15) is 29.1 Å². The van der Waals surface area contributed by atoms with E-state index in [-0.39, 0.29) is 36.5 Å². The number of fused-ring (bicyclic) bond motifs is 2. The average molecular weight is 871 g/mol. The Bertz CT molecular complexity index is 2240. The highest BCUT2D eigenvalue weighted by molar-refractivity contribution is 5.99. The van der Waals surface area contributed by atoms with Crippen LogP contribution < -0.4 is 16.8 Å². The number of benzene rings is 2. The van der Waals surface area contributed by atoms with Crippen molar-refractivity contribution in [3.05, 3.63) is 59.9 Å². The molecule has 0 aliphatic heterocycles. The van der Waals surface area contributed by atoms with Crippen LogP contribution in [-0.4, -0.2) is 128 Å². The minimum Gasteiger partial charge on any atom is -0.424 e. The van der Waals surface area contributed by atoms with Crippen molar-refractivity contribution < 1.29 is 47.2 Å². The van der Waals surface area contributed by atoms with E-state index in [0.29, 0.717) is 156 Å². The largest absolute Gasteiger partial charge is 0.424 e. The fourth-order valence-electron chi connectivity index (χ4n) is 6.41. The molecule has 0 saturated carbocycles. The van der Waals surface area contributed by atoms with E-state index in [9.17, 15) is 14.4 Å². The van der Waals surface area contributed by atoms with Gasteiger partial charge in [-0.05, 0) is 49.6 Å². The van der Waals surface area contributed by atoms with Crippen LogP contribution in [0.15, 0.2) is 53.2 Å². The smallest absolute Gasteiger partial charge is 0.292 e. The number of ketones is 2. The van der Waals surface area contributed by atoms with Crippen LogP contribution >= 0.6 is 0 Å². The van der Waals surface area contributed by atoms with Crippen molar-refractivity contribution in [1.82, 2.24) is 30.0 Å². The number of nitrogen functional groups attached to an aromatic ring is 2. The number of nitrogens with one attached hydrogen (secondary N) is 1. The van der Waals surface area contributed by atoms with Gasteiger partial charge in [0, 0.05) is 62.1 Å². The van der Waals surface area contributed by atoms with Crippen molar-refractivity contribution >= 4 is 51.4 Å². The first-order chi connectivity index (χ1) is 30.8. The van der Waals surface area contributed by atoms with Gasteiger partial charge in [-0.1, -0.05) is 24.5 Å². The summed E-state index contributed by atoms with van der Waals surface area (Å²) in [7, 11) is 0. The minimum absolute atomic E-state index is 0.0417. The molecule has 2 aromatic carbocycles. The number of carbonyl (C=O) groups is 3. The Balaban J connectivity index is 0.764. The molecular weight excluding hydrogens is 813 g/mol. The molecule has 0 bridgehead atoms. The van der Waals surface area contributed by atoms with Crippen molar-refractivity contribution in [3.8, 4) is 23.6 Å². The fourth-order valence-corrected chi connectivity index (χ4v) is 6.41. The first-order valence-electron chi connectivity index (χ1n) is 21.3. The third-order valence-corrected chi connectivity index (χ3v) is 9.66. The van der Waals surface area contributed by atoms with Crippen molar-refractivity contribution in [2.24, 2.45) is 0 Å². The summed E-state index contributed by atoms with van der Waals surface area (Å²) in [6.45, 7) is 5.64. The molecule has 18 nitrogen and oxygen atoms in total. The van der Waals surface area contributed by atoms with E-state index >= 15 is 0 Å². The van der Waals surface area contributed by atoms with Crippen LogP contribution in [0.5, 0.6) is 0 Å². The van der Waals surface area contributed by atoms with Crippen molar-refractivity contribution in [2.45, 2.75) is 57.9 Å². The zero-order valence-corrected chi connectivity index (χ0v) is 35.7. The highest BCUT2D eigenvalue weighted by Gasteiger charge is 2.18. The summed E-state index contributed by atoms with van der Waals surface area (Å²) in [5.74, 6) is 2.96. The molecule has 3 heterocycles. The number of oxazole rings is 1. The maximum Gasteiger partial charge on any atom is 0.292 e. The van der Waals surface area contributed by atoms with Crippen LogP contribution in [0, 0.1) is 12.3 Å². The molecule has 0 unspecified atom stereocenters. The predicted molar refractivity (Wildman–Crippen MR) is 236 cm³/mol. The van der Waals surface area contributed by atoms with Crippen LogP contribution in [0.1, 0.15) is 67.3 Å². The molecule has 0 spiro atoms. The molecule has 5 aromatic rings. The fraction of sp³-hybridized carbons (Fsp3) is 0.489. The van der Waals surface area contributed by atoms with Crippen LogP contribution in [0.3, 0.4) is 0 Å². The Labute approximate surface area is 366 Å². The highest BCUT2D eigenvalue weighted by Crippen LogP contribution is 2.32. The Morgan fingerprint density at radius 3 is 2.17 bits per heavy atom. The van der Waals surface area contributed by atoms with Gasteiger partial charge in [0.15, 0.2) is 17.0 Å². The number of hydrogen-bond donors (Lipinski definition) is 3. The van der Waals surface area contributed by atoms with E-state index in [1.165, 1.54) is 6.33 Å². The molecule has 18 heteroatoms. The number of amides is 1. The molecule has 63 heavy (non-hydrogen) atoms. The molecule has 0 saturated heterocycles. The predicted octanol–water partition coefficient (Wildman–Crippen LogP) is 4.57. The van der Waals surface area contributed by atoms with E-state index in [1.807, 2.05) is 16.8 Å². The second-order valence-corrected chi connectivity index (χ2v) is 14.4. The van der Waals surface area contributed by atoms with Crippen molar-refractivity contribution in [3.63, 3.8) is 0 Å². The summed E-state index contributed by atoms with van der Waals surface area (Å²) in [5, 5.41) is 8.27. The number of hydrogen-bond acceptors (Lipinski definition) is 16. The molecular formula is C45H58N8O10. The molecule has 0 aliphatic rings. The number of terminal acetylenes is 1. The molecule has 0 radical (unpaired) electrons. The van der Waals surface area contributed by atoms with E-state index in [2.05, 4.69) is 26.2 Å². The summed E-state index contributed by atoms with van der Waals surface area (Å²) < 4.78 is 40.3. The van der Waals surface area contributed by atoms with Crippen molar-refractivity contribution in [1.29, 1.82) is 0 Å². The van der Waals surface area contributed by atoms with Gasteiger partial charge in [-0.15, -0.1) is 6.42 Å². The van der Waals surface area contributed by atoms with Crippen LogP contribution in [0.2, 0.25) is 0 Å². The zero-order valence-electron chi connectivity index (χ0n) is 35.7. The second-order valence-electron chi connectivity index (χ2n) is 14.4. The van der Waals surface area contributed by atoms with E-state index < -0.39 is 0 Å². The number of Topliss-reactive ketones (excluding diaryl/α,β-unsaturated/α-hetero) is 2. The molecule has 0 atom stereocenters. The molecule has 3 aromatic heterocycles. The van der Waals surface area contributed by atoms with Gasteiger partial charge in [0.25, 0.3) is 6.01 Å². The Morgan fingerprint density at radius 1 is 0.730 bits per heavy atom. The number of carbonyl (C=O) groups excluding carboxylic acids is 3. The quantitative estimate of drug-likeness (QED) is 0.0297. The third-order valence-electron chi connectivity index (χ3n) is 9.66. The Morgan fingerprint density at radius 2 is 1.43 bits per heavy atom. The average Bonchev–Trinajstić information content (AvgIpc) is 3.86. The van der Waals surface area contributed by atoms with Gasteiger partial charge in [0.2, 0.25) is 5.91 Å². The summed E-state index contributed by atoms with van der Waals surface area (Å²) in [5.41, 5.74) is 16.6. The Hall–Kier alpha value is -5.81. The van der Waals surface area contributed by atoms with Gasteiger partial charge < -0.3 is 49.6 Å². The zero-order chi connectivity index (χ0) is 44.5. The number of anilines is 2. The number of aromatic nitrogens is 5. The number of unbranched alkanes of at least 4 members (excludes halogenated alkanes) is 2. The summed E-state index contributed by atoms with van der Waals surface area (Å²) in [4.78, 5) is 49.5. The first-order valence-corrected chi connectivity index (χ1v) is 21.3. The first kappa shape index (κ1) is 48.2. The monoisotopic (exact) mass is 870 g/mol. The third kappa shape index (κ3) is 16.8. The van der Waals surface area contributed by atoms with Crippen molar-refractivity contribution in [2.75, 3.05) is 97.3 Å². The number of rotatable bonds is 33. The highest BCUT2D eigenvalue weighted by atomic mass is 16.5. The lowest BCUT2D eigenvalue weighted by atomic mass is 10.0. The second kappa shape index (κ2) is 27.3. The van der Waals surface area contributed by atoms with Gasteiger partial charge in [-0.25, -0.2) is 14.6 Å². The molecule has 1 amide bonds. The minimum atomic E-state index is -0.121. The molecule has 0 aliphatic carbocycles. The summed E-state index contributed by atoms with van der Waals surface area (Å²) in [6.07, 6.45) is 11.3. The SMILES string of the molecule is C#Cc1cccc(C(=O)CCCOCCOCCOCCC(=O)NCCOCCOCCOCCC(=O)CCCCCn2nc(-c3ccc4oc(N)nc4c3)c3c(N)ncnc32)c1. The lowest BCUT2D eigenvalue weighted by Gasteiger charge is -2.09. The van der Waals surface area contributed by atoms with Gasteiger partial charge >= 0.3 is 0 Å². The maximum absolute atomic E-state index is 12.4. The number of nitrogens with two attached hydrogens (primary N) is 2. The molecule has 338 valence electrons. The van der Waals surface area contributed by atoms with E-state index in [0.717, 1.165) is 24.8 Å². The van der Waals surface area contributed by atoms with Gasteiger partial charge in [-0.2, -0.15) is 10.1 Å². The summed E-state index contributed by atoms with van der Waals surface area (Å²) in [6, 6.07) is 12.7. The normalized spacial score (nSPS) is 11.3. The maximum atomic E-state index is 12.4. The standard InChI is InChI=1S/C45H58N8O10/c1-2-33-8-6-9-34(30-33)38(55)11-7-18-57-22-26-61-28-24-59-20-15-40(56)48-16-21-60-25-29-62-27-23-58-19-14-36(54)10-4-3-5-17-53-44-41(43(46)49-32-50-44)42(52-53)35-12-13-39-37(31-35)51-45(47)63-39/h1,6,8-9,12-13,30-32H,3-5,7,10-11,14-29H2,(H2,47,51)(H,48,56)(H2,46,49,50). The van der Waals surface area contributed by atoms with E-state index in [1.54, 1.807) is 30.3 Å². The Kier molecular flexibility index (Phi) is 20.9. The van der Waals surface area contributed by atoms with Gasteiger partial charge in [-0.3, -0.25) is 14.4 Å². The lowest BCUT2D eigenvalue weighted by molar-refractivity contribution is -0.123. The van der Waals surface area contributed by atoms with Crippen LogP contribution in [-0.2, 0) is 44.6 Å². The van der Waals surface area contributed by atoms with Crippen LogP contribution in [0.25, 0.3) is 33.4 Å². The molecule has 5 N–H and O–H groups in total. The van der Waals surface area contributed by atoms with Crippen LogP contribution in [0.4, 0.5) is 11.8 Å². The molecule has 0 fully saturated rings. The molecule has 5 rings (SSSR count).